The summed E-state index contributed by atoms with van der Waals surface area (Å²) in [5.41, 5.74) is 2.37. The molecule has 16 heavy (non-hydrogen) atoms. The summed E-state index contributed by atoms with van der Waals surface area (Å²) in [6.07, 6.45) is 1.41. The van der Waals surface area contributed by atoms with Crippen LogP contribution in [0.5, 0.6) is 0 Å². The number of fused-ring (bicyclic) bond motifs is 3. The second-order valence-corrected chi connectivity index (χ2v) is 5.16. The van der Waals surface area contributed by atoms with Crippen LogP contribution in [-0.4, -0.2) is 19.2 Å². The highest BCUT2D eigenvalue weighted by Crippen LogP contribution is 2.39. The van der Waals surface area contributed by atoms with Gasteiger partial charge >= 0.3 is 0 Å². The second kappa shape index (κ2) is 4.19. The zero-order valence-electron chi connectivity index (χ0n) is 8.80. The molecule has 1 fully saturated rings. The lowest BCUT2D eigenvalue weighted by Crippen LogP contribution is -2.42. The van der Waals surface area contributed by atoms with Gasteiger partial charge in [0.05, 0.1) is 22.8 Å². The number of rotatable bonds is 0. The molecule has 3 rings (SSSR count). The standard InChI is InChI=1S/C12H13Cl2NO/c13-10-2-1-7-8-5-15-4-3-11(8)16-6-9(7)12(10)14/h1-2,8,11,15H,3-6H2/t8?,11-/m0/s1. The van der Waals surface area contributed by atoms with E-state index in [1.54, 1.807) is 0 Å². The number of piperidine rings is 1. The normalized spacial score (nSPS) is 28.4. The van der Waals surface area contributed by atoms with Gasteiger partial charge in [0, 0.05) is 18.0 Å². The zero-order chi connectivity index (χ0) is 11.1. The molecule has 2 heterocycles. The molecule has 1 aromatic rings. The number of nitrogens with one attached hydrogen (secondary N) is 1. The Labute approximate surface area is 105 Å². The van der Waals surface area contributed by atoms with Crippen molar-refractivity contribution in [2.24, 2.45) is 0 Å². The summed E-state index contributed by atoms with van der Waals surface area (Å²) < 4.78 is 5.86. The van der Waals surface area contributed by atoms with Crippen LogP contribution in [0.4, 0.5) is 0 Å². The second-order valence-electron chi connectivity index (χ2n) is 4.38. The molecule has 2 aliphatic heterocycles. The van der Waals surface area contributed by atoms with E-state index in [1.807, 2.05) is 6.07 Å². The minimum Gasteiger partial charge on any atom is -0.373 e. The van der Waals surface area contributed by atoms with Crippen LogP contribution in [0.1, 0.15) is 23.5 Å². The number of ether oxygens (including phenoxy) is 1. The largest absolute Gasteiger partial charge is 0.373 e. The van der Waals surface area contributed by atoms with Gasteiger partial charge in [-0.25, -0.2) is 0 Å². The quantitative estimate of drug-likeness (QED) is 0.772. The summed E-state index contributed by atoms with van der Waals surface area (Å²) in [4.78, 5) is 0. The average molecular weight is 258 g/mol. The van der Waals surface area contributed by atoms with Gasteiger partial charge in [0.15, 0.2) is 0 Å². The molecule has 86 valence electrons. The van der Waals surface area contributed by atoms with E-state index in [9.17, 15) is 0 Å². The smallest absolute Gasteiger partial charge is 0.0738 e. The van der Waals surface area contributed by atoms with Crippen molar-refractivity contribution in [1.82, 2.24) is 5.32 Å². The van der Waals surface area contributed by atoms with E-state index < -0.39 is 0 Å². The molecule has 4 heteroatoms. The molecule has 1 saturated heterocycles. The fourth-order valence-electron chi connectivity index (χ4n) is 2.64. The molecule has 1 N–H and O–H groups in total. The molecular weight excluding hydrogens is 245 g/mol. The van der Waals surface area contributed by atoms with E-state index in [0.717, 1.165) is 25.1 Å². The van der Waals surface area contributed by atoms with Crippen LogP contribution in [0, 0.1) is 0 Å². The van der Waals surface area contributed by atoms with Crippen molar-refractivity contribution in [2.45, 2.75) is 25.0 Å². The van der Waals surface area contributed by atoms with Gasteiger partial charge in [0.1, 0.15) is 0 Å². The van der Waals surface area contributed by atoms with Crippen LogP contribution in [-0.2, 0) is 11.3 Å². The van der Waals surface area contributed by atoms with E-state index >= 15 is 0 Å². The van der Waals surface area contributed by atoms with Gasteiger partial charge < -0.3 is 10.1 Å². The SMILES string of the molecule is Clc1ccc2c(c1Cl)CO[C@H]1CCNCC21. The third-order valence-electron chi connectivity index (χ3n) is 3.49. The van der Waals surface area contributed by atoms with Gasteiger partial charge in [-0.3, -0.25) is 0 Å². The first kappa shape index (κ1) is 10.8. The number of hydrogen-bond acceptors (Lipinski definition) is 2. The Morgan fingerprint density at radius 1 is 1.31 bits per heavy atom. The molecule has 1 aromatic carbocycles. The lowest BCUT2D eigenvalue weighted by Gasteiger charge is -2.37. The summed E-state index contributed by atoms with van der Waals surface area (Å²) in [7, 11) is 0. The van der Waals surface area contributed by atoms with E-state index in [-0.39, 0.29) is 0 Å². The first-order chi connectivity index (χ1) is 7.77. The lowest BCUT2D eigenvalue weighted by atomic mass is 9.84. The van der Waals surface area contributed by atoms with E-state index in [4.69, 9.17) is 27.9 Å². The van der Waals surface area contributed by atoms with Gasteiger partial charge in [-0.05, 0) is 24.6 Å². The molecule has 2 nitrogen and oxygen atoms in total. The monoisotopic (exact) mass is 257 g/mol. The maximum atomic E-state index is 6.21. The Morgan fingerprint density at radius 3 is 3.06 bits per heavy atom. The Hall–Kier alpha value is -0.280. The van der Waals surface area contributed by atoms with Crippen molar-refractivity contribution in [3.8, 4) is 0 Å². The molecule has 0 aliphatic carbocycles. The Kier molecular flexibility index (Phi) is 2.84. The Bertz CT molecular complexity index is 422. The van der Waals surface area contributed by atoms with Crippen LogP contribution >= 0.6 is 23.2 Å². The highest BCUT2D eigenvalue weighted by Gasteiger charge is 2.33. The van der Waals surface area contributed by atoms with E-state index in [0.29, 0.717) is 28.7 Å². The fraction of sp³-hybridized carbons (Fsp3) is 0.500. The summed E-state index contributed by atoms with van der Waals surface area (Å²) >= 11 is 12.2. The molecule has 0 saturated carbocycles. The molecule has 1 unspecified atom stereocenters. The van der Waals surface area contributed by atoms with Gasteiger partial charge in [-0.1, -0.05) is 29.3 Å². The molecule has 0 bridgehead atoms. The zero-order valence-corrected chi connectivity index (χ0v) is 10.3. The van der Waals surface area contributed by atoms with Crippen LogP contribution < -0.4 is 5.32 Å². The first-order valence-corrected chi connectivity index (χ1v) is 6.32. The molecule has 0 amide bonds. The summed E-state index contributed by atoms with van der Waals surface area (Å²) in [6.45, 7) is 2.60. The number of benzene rings is 1. The van der Waals surface area contributed by atoms with Crippen molar-refractivity contribution in [3.05, 3.63) is 33.3 Å². The van der Waals surface area contributed by atoms with Crippen LogP contribution in [0.25, 0.3) is 0 Å². The minimum absolute atomic E-state index is 0.339. The summed E-state index contributed by atoms with van der Waals surface area (Å²) in [5, 5.41) is 4.68. The Balaban J connectivity index is 2.05. The van der Waals surface area contributed by atoms with Crippen molar-refractivity contribution in [3.63, 3.8) is 0 Å². The highest BCUT2D eigenvalue weighted by atomic mass is 35.5. The third-order valence-corrected chi connectivity index (χ3v) is 4.34. The summed E-state index contributed by atoms with van der Waals surface area (Å²) in [6, 6.07) is 3.98. The van der Waals surface area contributed by atoms with Crippen molar-refractivity contribution < 1.29 is 4.74 Å². The van der Waals surface area contributed by atoms with E-state index in [1.165, 1.54) is 5.56 Å². The lowest BCUT2D eigenvalue weighted by molar-refractivity contribution is -0.00674. The topological polar surface area (TPSA) is 21.3 Å². The Morgan fingerprint density at radius 2 is 2.19 bits per heavy atom. The van der Waals surface area contributed by atoms with Gasteiger partial charge in [0.2, 0.25) is 0 Å². The maximum Gasteiger partial charge on any atom is 0.0738 e. The predicted octanol–water partition coefficient (Wildman–Crippen LogP) is 2.97. The minimum atomic E-state index is 0.339. The number of halogens is 2. The van der Waals surface area contributed by atoms with Crippen LogP contribution in [0.2, 0.25) is 10.0 Å². The maximum absolute atomic E-state index is 6.21. The highest BCUT2D eigenvalue weighted by molar-refractivity contribution is 6.42. The third kappa shape index (κ3) is 1.65. The van der Waals surface area contributed by atoms with Crippen molar-refractivity contribution in [2.75, 3.05) is 13.1 Å². The van der Waals surface area contributed by atoms with Crippen molar-refractivity contribution in [1.29, 1.82) is 0 Å². The molecule has 2 atom stereocenters. The van der Waals surface area contributed by atoms with Crippen LogP contribution in [0.15, 0.2) is 12.1 Å². The van der Waals surface area contributed by atoms with Crippen molar-refractivity contribution >= 4 is 23.2 Å². The molecule has 0 radical (unpaired) electrons. The van der Waals surface area contributed by atoms with Gasteiger partial charge in [-0.15, -0.1) is 0 Å². The average Bonchev–Trinajstić information content (AvgIpc) is 2.33. The van der Waals surface area contributed by atoms with Gasteiger partial charge in [0.25, 0.3) is 0 Å². The molecule has 0 aromatic heterocycles. The molecule has 2 aliphatic rings. The van der Waals surface area contributed by atoms with Crippen LogP contribution in [0.3, 0.4) is 0 Å². The fourth-order valence-corrected chi connectivity index (χ4v) is 3.04. The molecule has 0 spiro atoms. The van der Waals surface area contributed by atoms with Gasteiger partial charge in [-0.2, -0.15) is 0 Å². The van der Waals surface area contributed by atoms with E-state index in [2.05, 4.69) is 11.4 Å². The first-order valence-electron chi connectivity index (χ1n) is 5.56. The molecular formula is C12H13Cl2NO. The summed E-state index contributed by atoms with van der Waals surface area (Å²) in [5.74, 6) is 0.423. The predicted molar refractivity (Wildman–Crippen MR) is 65.3 cm³/mol. The number of hydrogen-bond donors (Lipinski definition) is 1.